The molecular formula is C35H36Cl2N4O7S. The molecule has 14 heteroatoms. The molecule has 0 aliphatic rings. The van der Waals surface area contributed by atoms with E-state index in [9.17, 15) is 28.1 Å². The van der Waals surface area contributed by atoms with Gasteiger partial charge in [0, 0.05) is 41.2 Å². The molecule has 0 heterocycles. The number of nitrogens with one attached hydrogen (secondary N) is 1. The Bertz CT molecular complexity index is 1910. The van der Waals surface area contributed by atoms with Crippen LogP contribution in [0.4, 0.5) is 11.4 Å². The monoisotopic (exact) mass is 726 g/mol. The second kappa shape index (κ2) is 16.6. The molecule has 0 saturated heterocycles. The molecule has 49 heavy (non-hydrogen) atoms. The number of aryl methyl sites for hydroxylation is 1. The number of nitro groups is 1. The number of nitrogens with zero attached hydrogens (tertiary/aromatic N) is 3. The second-order valence-corrected chi connectivity index (χ2v) is 13.9. The Kier molecular flexibility index (Phi) is 12.6. The first-order valence-electron chi connectivity index (χ1n) is 15.3. The van der Waals surface area contributed by atoms with Crippen molar-refractivity contribution in [1.82, 2.24) is 10.2 Å². The summed E-state index contributed by atoms with van der Waals surface area (Å²) in [4.78, 5) is 40.4. The van der Waals surface area contributed by atoms with Crippen molar-refractivity contribution in [1.29, 1.82) is 0 Å². The SMILES string of the molecule is CCCNC(=O)[C@@H](Cc1ccccc1)N(Cc1ccc(Cl)cc1Cl)C(=O)CN(c1ccc(OC)cc1)S(=O)(=O)c1ccc(C)c([N+](=O)[O-])c1. The maximum atomic E-state index is 14.6. The number of hydrogen-bond donors (Lipinski definition) is 1. The highest BCUT2D eigenvalue weighted by Crippen LogP contribution is 2.30. The Morgan fingerprint density at radius 1 is 0.980 bits per heavy atom. The molecule has 0 bridgehead atoms. The lowest BCUT2D eigenvalue weighted by molar-refractivity contribution is -0.385. The number of carbonyl (C=O) groups is 2. The standard InChI is InChI=1S/C35H36Cl2N4O7S/c1-4-18-38-35(43)33(19-25-8-6-5-7-9-25)39(22-26-11-12-27(36)20-31(26)37)34(42)23-40(28-13-15-29(48-3)16-14-28)49(46,47)30-17-10-24(2)32(21-30)41(44)45/h5-17,20-21,33H,4,18-19,22-23H2,1-3H3,(H,38,43)/t33-/m1/s1. The fraction of sp³-hybridized carbons (Fsp3) is 0.257. The third-order valence-electron chi connectivity index (χ3n) is 7.78. The van der Waals surface area contributed by atoms with Crippen molar-refractivity contribution in [3.05, 3.63) is 128 Å². The first kappa shape index (κ1) is 37.2. The number of ether oxygens (including phenoxy) is 1. The van der Waals surface area contributed by atoms with E-state index in [2.05, 4.69) is 5.32 Å². The van der Waals surface area contributed by atoms with Gasteiger partial charge in [-0.3, -0.25) is 24.0 Å². The summed E-state index contributed by atoms with van der Waals surface area (Å²) in [5.41, 5.74) is 1.22. The van der Waals surface area contributed by atoms with Crippen molar-refractivity contribution in [2.75, 3.05) is 24.5 Å². The number of halogens is 2. The van der Waals surface area contributed by atoms with Crippen LogP contribution < -0.4 is 14.4 Å². The quantitative estimate of drug-likeness (QED) is 0.108. The molecule has 0 aromatic heterocycles. The van der Waals surface area contributed by atoms with Crippen LogP contribution in [0.2, 0.25) is 10.0 Å². The van der Waals surface area contributed by atoms with Gasteiger partial charge < -0.3 is 15.0 Å². The zero-order valence-electron chi connectivity index (χ0n) is 27.1. The van der Waals surface area contributed by atoms with E-state index in [1.54, 1.807) is 12.1 Å². The van der Waals surface area contributed by atoms with Crippen molar-refractivity contribution < 1.29 is 27.7 Å². The van der Waals surface area contributed by atoms with Crippen molar-refractivity contribution in [2.24, 2.45) is 0 Å². The largest absolute Gasteiger partial charge is 0.497 e. The molecule has 0 unspecified atom stereocenters. The van der Waals surface area contributed by atoms with E-state index in [1.807, 2.05) is 37.3 Å². The van der Waals surface area contributed by atoms with Crippen LogP contribution in [0.15, 0.2) is 95.9 Å². The molecule has 258 valence electrons. The number of nitro benzene ring substituents is 1. The molecule has 4 aromatic rings. The van der Waals surface area contributed by atoms with Gasteiger partial charge in [-0.15, -0.1) is 0 Å². The van der Waals surface area contributed by atoms with E-state index < -0.39 is 45.0 Å². The average molecular weight is 728 g/mol. The van der Waals surface area contributed by atoms with Crippen molar-refractivity contribution >= 4 is 56.4 Å². The minimum atomic E-state index is -4.58. The highest BCUT2D eigenvalue weighted by Gasteiger charge is 2.35. The summed E-state index contributed by atoms with van der Waals surface area (Å²) in [5.74, 6) is -0.718. The summed E-state index contributed by atoms with van der Waals surface area (Å²) in [7, 11) is -3.13. The van der Waals surface area contributed by atoms with Crippen molar-refractivity contribution in [3.8, 4) is 5.75 Å². The van der Waals surface area contributed by atoms with Gasteiger partial charge in [-0.2, -0.15) is 0 Å². The summed E-state index contributed by atoms with van der Waals surface area (Å²) in [6, 6.07) is 22.3. The van der Waals surface area contributed by atoms with Gasteiger partial charge in [-0.25, -0.2) is 8.42 Å². The molecule has 4 rings (SSSR count). The van der Waals surface area contributed by atoms with Gasteiger partial charge in [-0.05, 0) is 66.9 Å². The summed E-state index contributed by atoms with van der Waals surface area (Å²) < 4.78 is 34.7. The van der Waals surface area contributed by atoms with E-state index in [1.165, 1.54) is 61.4 Å². The maximum absolute atomic E-state index is 14.6. The minimum Gasteiger partial charge on any atom is -0.497 e. The van der Waals surface area contributed by atoms with E-state index >= 15 is 0 Å². The lowest BCUT2D eigenvalue weighted by Gasteiger charge is -2.34. The Hall–Kier alpha value is -4.65. The number of sulfonamides is 1. The molecule has 1 N–H and O–H groups in total. The van der Waals surface area contributed by atoms with E-state index in [-0.39, 0.29) is 34.1 Å². The van der Waals surface area contributed by atoms with Crippen LogP contribution in [0.3, 0.4) is 0 Å². The number of methoxy groups -OCH3 is 1. The molecule has 0 fully saturated rings. The Morgan fingerprint density at radius 2 is 1.67 bits per heavy atom. The topological polar surface area (TPSA) is 139 Å². The normalized spacial score (nSPS) is 11.8. The Morgan fingerprint density at radius 3 is 2.29 bits per heavy atom. The van der Waals surface area contributed by atoms with Gasteiger partial charge in [0.15, 0.2) is 0 Å². The summed E-state index contributed by atoms with van der Waals surface area (Å²) in [6.07, 6.45) is 0.764. The van der Waals surface area contributed by atoms with Crippen LogP contribution in [0, 0.1) is 17.0 Å². The van der Waals surface area contributed by atoms with Gasteiger partial charge in [0.25, 0.3) is 15.7 Å². The number of hydrogen-bond acceptors (Lipinski definition) is 7. The lowest BCUT2D eigenvalue weighted by atomic mass is 10.0. The van der Waals surface area contributed by atoms with Gasteiger partial charge >= 0.3 is 0 Å². The molecule has 0 aliphatic heterocycles. The third kappa shape index (κ3) is 9.28. The molecule has 4 aromatic carbocycles. The molecule has 11 nitrogen and oxygen atoms in total. The first-order chi connectivity index (χ1) is 23.3. The van der Waals surface area contributed by atoms with Crippen LogP contribution in [0.25, 0.3) is 0 Å². The van der Waals surface area contributed by atoms with Gasteiger partial charge in [0.05, 0.1) is 22.6 Å². The van der Waals surface area contributed by atoms with Crippen LogP contribution in [0.1, 0.15) is 30.0 Å². The predicted molar refractivity (Wildman–Crippen MR) is 190 cm³/mol. The van der Waals surface area contributed by atoms with Crippen LogP contribution in [-0.4, -0.2) is 56.3 Å². The summed E-state index contributed by atoms with van der Waals surface area (Å²) in [6.45, 7) is 2.84. The predicted octanol–water partition coefficient (Wildman–Crippen LogP) is 6.58. The molecule has 0 saturated carbocycles. The number of amides is 2. The number of anilines is 1. The highest BCUT2D eigenvalue weighted by atomic mass is 35.5. The van der Waals surface area contributed by atoms with Crippen LogP contribution in [0.5, 0.6) is 5.75 Å². The smallest absolute Gasteiger partial charge is 0.273 e. The lowest BCUT2D eigenvalue weighted by Crippen LogP contribution is -2.53. The van der Waals surface area contributed by atoms with Crippen molar-refractivity contribution in [2.45, 2.75) is 44.2 Å². The Labute approximate surface area is 295 Å². The zero-order valence-corrected chi connectivity index (χ0v) is 29.5. The van der Waals surface area contributed by atoms with E-state index in [0.29, 0.717) is 29.3 Å². The fourth-order valence-corrected chi connectivity index (χ4v) is 7.01. The number of rotatable bonds is 15. The summed E-state index contributed by atoms with van der Waals surface area (Å²) in [5, 5.41) is 15.2. The molecule has 2 amide bonds. The zero-order chi connectivity index (χ0) is 35.7. The van der Waals surface area contributed by atoms with Crippen molar-refractivity contribution in [3.63, 3.8) is 0 Å². The van der Waals surface area contributed by atoms with Crippen LogP contribution in [-0.2, 0) is 32.6 Å². The highest BCUT2D eigenvalue weighted by molar-refractivity contribution is 7.92. The third-order valence-corrected chi connectivity index (χ3v) is 10.1. The average Bonchev–Trinajstić information content (AvgIpc) is 3.08. The number of benzene rings is 4. The molecule has 0 aliphatic carbocycles. The first-order valence-corrected chi connectivity index (χ1v) is 17.5. The van der Waals surface area contributed by atoms with Gasteiger partial charge in [-0.1, -0.05) is 72.6 Å². The van der Waals surface area contributed by atoms with Gasteiger partial charge in [0.2, 0.25) is 11.8 Å². The number of carbonyl (C=O) groups excluding carboxylic acids is 2. The summed E-state index contributed by atoms with van der Waals surface area (Å²) >= 11 is 12.7. The van der Waals surface area contributed by atoms with Gasteiger partial charge in [0.1, 0.15) is 18.3 Å². The van der Waals surface area contributed by atoms with E-state index in [4.69, 9.17) is 27.9 Å². The minimum absolute atomic E-state index is 0.0943. The van der Waals surface area contributed by atoms with Crippen LogP contribution >= 0.6 is 23.2 Å². The second-order valence-electron chi connectivity index (χ2n) is 11.2. The molecule has 1 atom stereocenters. The molecule has 0 radical (unpaired) electrons. The fourth-order valence-electron chi connectivity index (χ4n) is 5.10. The maximum Gasteiger partial charge on any atom is 0.273 e. The molecular weight excluding hydrogens is 691 g/mol. The molecule has 0 spiro atoms. The Balaban J connectivity index is 1.85. The van der Waals surface area contributed by atoms with E-state index in [0.717, 1.165) is 15.9 Å².